The zero-order chi connectivity index (χ0) is 20.1. The number of carbonyl (C=O) groups excluding carboxylic acids is 1. The van der Waals surface area contributed by atoms with Crippen LogP contribution in [0.4, 0.5) is 10.5 Å². The Hall–Kier alpha value is -3.79. The van der Waals surface area contributed by atoms with Crippen LogP contribution in [-0.4, -0.2) is 34.2 Å². The molecule has 0 bridgehead atoms. The Morgan fingerprint density at radius 1 is 1.14 bits per heavy atom. The Morgan fingerprint density at radius 2 is 1.93 bits per heavy atom. The minimum atomic E-state index is -0.108. The fourth-order valence-corrected chi connectivity index (χ4v) is 3.46. The molecular weight excluding hydrogens is 366 g/mol. The minimum absolute atomic E-state index is 0.108. The summed E-state index contributed by atoms with van der Waals surface area (Å²) < 4.78 is 5.82. The minimum Gasteiger partial charge on any atom is -0.457 e. The summed E-state index contributed by atoms with van der Waals surface area (Å²) in [6.07, 6.45) is 3.59. The van der Waals surface area contributed by atoms with Crippen molar-refractivity contribution in [1.82, 2.24) is 15.1 Å². The SMILES string of the molecule is N#Cc1ccc(Oc2cccc(NC(=O)N3CCC(c4ccn[nH]4)CC3)c2)cc1. The van der Waals surface area contributed by atoms with E-state index in [1.807, 2.05) is 29.2 Å². The maximum Gasteiger partial charge on any atom is 0.321 e. The number of likely N-dealkylation sites (tertiary alicyclic amines) is 1. The molecule has 0 saturated carbocycles. The quantitative estimate of drug-likeness (QED) is 0.690. The fraction of sp³-hybridized carbons (Fsp3) is 0.227. The second-order valence-electron chi connectivity index (χ2n) is 6.97. The van der Waals surface area contributed by atoms with E-state index in [1.165, 1.54) is 0 Å². The molecule has 7 nitrogen and oxygen atoms in total. The second-order valence-corrected chi connectivity index (χ2v) is 6.97. The smallest absolute Gasteiger partial charge is 0.321 e. The number of benzene rings is 2. The summed E-state index contributed by atoms with van der Waals surface area (Å²) in [7, 11) is 0. The van der Waals surface area contributed by atoms with Crippen molar-refractivity contribution in [2.75, 3.05) is 18.4 Å². The average Bonchev–Trinajstić information content (AvgIpc) is 3.30. The number of ether oxygens (including phenoxy) is 1. The number of hydrogen-bond donors (Lipinski definition) is 2. The van der Waals surface area contributed by atoms with Gasteiger partial charge in [-0.3, -0.25) is 5.10 Å². The predicted octanol–water partition coefficient (Wildman–Crippen LogP) is 4.49. The Morgan fingerprint density at radius 3 is 2.62 bits per heavy atom. The molecule has 146 valence electrons. The van der Waals surface area contributed by atoms with Crippen LogP contribution < -0.4 is 10.1 Å². The molecule has 2 amide bonds. The third-order valence-electron chi connectivity index (χ3n) is 5.05. The molecule has 1 saturated heterocycles. The van der Waals surface area contributed by atoms with Crippen LogP contribution in [0.15, 0.2) is 60.8 Å². The normalized spacial score (nSPS) is 14.2. The van der Waals surface area contributed by atoms with E-state index in [9.17, 15) is 4.79 Å². The molecule has 29 heavy (non-hydrogen) atoms. The first kappa shape index (κ1) is 18.6. The third-order valence-corrected chi connectivity index (χ3v) is 5.05. The standard InChI is InChI=1S/C22H21N5O2/c23-15-16-4-6-19(7-5-16)29-20-3-1-2-18(14-20)25-22(28)27-12-9-17(10-13-27)21-8-11-24-26-21/h1-8,11,14,17H,9-10,12-13H2,(H,24,26)(H,25,28). The molecule has 1 fully saturated rings. The van der Waals surface area contributed by atoms with E-state index in [-0.39, 0.29) is 6.03 Å². The first-order valence-electron chi connectivity index (χ1n) is 9.54. The van der Waals surface area contributed by atoms with E-state index < -0.39 is 0 Å². The number of amides is 2. The van der Waals surface area contributed by atoms with Gasteiger partial charge < -0.3 is 15.0 Å². The van der Waals surface area contributed by atoms with E-state index in [4.69, 9.17) is 10.00 Å². The van der Waals surface area contributed by atoms with Gasteiger partial charge in [-0.15, -0.1) is 0 Å². The number of rotatable bonds is 4. The van der Waals surface area contributed by atoms with E-state index in [1.54, 1.807) is 36.5 Å². The lowest BCUT2D eigenvalue weighted by molar-refractivity contribution is 0.194. The van der Waals surface area contributed by atoms with Crippen molar-refractivity contribution >= 4 is 11.7 Å². The highest BCUT2D eigenvalue weighted by molar-refractivity contribution is 5.89. The predicted molar refractivity (Wildman–Crippen MR) is 109 cm³/mol. The molecule has 1 aromatic heterocycles. The molecule has 0 aliphatic carbocycles. The maximum atomic E-state index is 12.6. The summed E-state index contributed by atoms with van der Waals surface area (Å²) >= 11 is 0. The molecule has 0 spiro atoms. The van der Waals surface area contributed by atoms with E-state index in [0.29, 0.717) is 41.8 Å². The number of hydrogen-bond acceptors (Lipinski definition) is 4. The summed E-state index contributed by atoms with van der Waals surface area (Å²) in [5.41, 5.74) is 2.39. The van der Waals surface area contributed by atoms with Crippen molar-refractivity contribution < 1.29 is 9.53 Å². The molecule has 7 heteroatoms. The van der Waals surface area contributed by atoms with Crippen molar-refractivity contribution in [2.45, 2.75) is 18.8 Å². The molecular formula is C22H21N5O2. The zero-order valence-corrected chi connectivity index (χ0v) is 15.8. The van der Waals surface area contributed by atoms with E-state index in [2.05, 4.69) is 21.6 Å². The molecule has 1 aliphatic heterocycles. The number of aromatic amines is 1. The fourth-order valence-electron chi connectivity index (χ4n) is 3.46. The van der Waals surface area contributed by atoms with Crippen LogP contribution in [0.5, 0.6) is 11.5 Å². The number of carbonyl (C=O) groups is 1. The molecule has 1 aliphatic rings. The zero-order valence-electron chi connectivity index (χ0n) is 15.8. The number of H-pyrrole nitrogens is 1. The second kappa shape index (κ2) is 8.48. The largest absolute Gasteiger partial charge is 0.457 e. The Balaban J connectivity index is 1.34. The lowest BCUT2D eigenvalue weighted by atomic mass is 9.94. The topological polar surface area (TPSA) is 94.0 Å². The van der Waals surface area contributed by atoms with Gasteiger partial charge in [0.25, 0.3) is 0 Å². The number of anilines is 1. The average molecular weight is 387 g/mol. The van der Waals surface area contributed by atoms with Crippen molar-refractivity contribution in [1.29, 1.82) is 5.26 Å². The maximum absolute atomic E-state index is 12.6. The molecule has 3 aromatic rings. The van der Waals surface area contributed by atoms with Gasteiger partial charge in [-0.25, -0.2) is 4.79 Å². The molecule has 2 heterocycles. The van der Waals surface area contributed by atoms with Gasteiger partial charge in [-0.1, -0.05) is 6.07 Å². The van der Waals surface area contributed by atoms with Crippen molar-refractivity contribution in [3.05, 3.63) is 72.1 Å². The molecule has 0 unspecified atom stereocenters. The van der Waals surface area contributed by atoms with Gasteiger partial charge in [0, 0.05) is 42.7 Å². The van der Waals surface area contributed by atoms with Gasteiger partial charge in [0.05, 0.1) is 11.6 Å². The molecule has 2 N–H and O–H groups in total. The van der Waals surface area contributed by atoms with Gasteiger partial charge in [0.2, 0.25) is 0 Å². The Labute approximate surface area is 168 Å². The number of urea groups is 1. The Bertz CT molecular complexity index is 1000. The van der Waals surface area contributed by atoms with Gasteiger partial charge in [0.15, 0.2) is 0 Å². The first-order valence-corrected chi connectivity index (χ1v) is 9.54. The van der Waals surface area contributed by atoms with Crippen molar-refractivity contribution in [2.24, 2.45) is 0 Å². The van der Waals surface area contributed by atoms with Crippen molar-refractivity contribution in [3.8, 4) is 17.6 Å². The monoisotopic (exact) mass is 387 g/mol. The number of nitrogens with zero attached hydrogens (tertiary/aromatic N) is 3. The van der Waals surface area contributed by atoms with Crippen molar-refractivity contribution in [3.63, 3.8) is 0 Å². The van der Waals surface area contributed by atoms with Crippen LogP contribution in [-0.2, 0) is 0 Å². The number of nitriles is 1. The molecule has 4 rings (SSSR count). The van der Waals surface area contributed by atoms with E-state index >= 15 is 0 Å². The molecule has 0 atom stereocenters. The van der Waals surface area contributed by atoms with Gasteiger partial charge in [-0.2, -0.15) is 10.4 Å². The van der Waals surface area contributed by atoms with Gasteiger partial charge in [-0.05, 0) is 55.3 Å². The molecule has 2 aromatic carbocycles. The van der Waals surface area contributed by atoms with E-state index in [0.717, 1.165) is 18.5 Å². The molecule has 0 radical (unpaired) electrons. The highest BCUT2D eigenvalue weighted by Gasteiger charge is 2.24. The number of aromatic nitrogens is 2. The summed E-state index contributed by atoms with van der Waals surface area (Å²) in [5, 5.41) is 18.9. The highest BCUT2D eigenvalue weighted by Crippen LogP contribution is 2.28. The van der Waals surface area contributed by atoms with Gasteiger partial charge >= 0.3 is 6.03 Å². The van der Waals surface area contributed by atoms with Crippen LogP contribution in [0, 0.1) is 11.3 Å². The van der Waals surface area contributed by atoms with Gasteiger partial charge in [0.1, 0.15) is 11.5 Å². The summed E-state index contributed by atoms with van der Waals surface area (Å²) in [4.78, 5) is 14.5. The number of nitrogens with one attached hydrogen (secondary N) is 2. The summed E-state index contributed by atoms with van der Waals surface area (Å²) in [5.74, 6) is 1.67. The Kier molecular flexibility index (Phi) is 5.43. The highest BCUT2D eigenvalue weighted by atomic mass is 16.5. The number of piperidine rings is 1. The van der Waals surface area contributed by atoms with Crippen LogP contribution >= 0.6 is 0 Å². The lowest BCUT2D eigenvalue weighted by Gasteiger charge is -2.31. The van der Waals surface area contributed by atoms with Crippen LogP contribution in [0.3, 0.4) is 0 Å². The van der Waals surface area contributed by atoms with Crippen LogP contribution in [0.2, 0.25) is 0 Å². The van der Waals surface area contributed by atoms with Crippen LogP contribution in [0.25, 0.3) is 0 Å². The third kappa shape index (κ3) is 4.55. The summed E-state index contributed by atoms with van der Waals surface area (Å²) in [6, 6.07) is 18.1. The summed E-state index contributed by atoms with van der Waals surface area (Å²) in [6.45, 7) is 1.41. The lowest BCUT2D eigenvalue weighted by Crippen LogP contribution is -2.40. The van der Waals surface area contributed by atoms with Crippen LogP contribution in [0.1, 0.15) is 30.0 Å². The first-order chi connectivity index (χ1) is 14.2.